The standard InChI is InChI=1S/C19H31NO/c1-3-4-8-17-11-13-19(14-12-17)21-16(2)15-20-18-9-6-5-7-10-18/h11-14,16,18,20H,3-10,15H2,1-2H3. The van der Waals surface area contributed by atoms with E-state index in [0.717, 1.165) is 12.3 Å². The van der Waals surface area contributed by atoms with Crippen LogP contribution in [0.2, 0.25) is 0 Å². The van der Waals surface area contributed by atoms with Crippen molar-refractivity contribution in [1.29, 1.82) is 0 Å². The maximum atomic E-state index is 6.00. The van der Waals surface area contributed by atoms with Gasteiger partial charge in [0.25, 0.3) is 0 Å². The molecule has 1 N–H and O–H groups in total. The van der Waals surface area contributed by atoms with Crippen molar-refractivity contribution in [2.75, 3.05) is 6.54 Å². The monoisotopic (exact) mass is 289 g/mol. The van der Waals surface area contributed by atoms with Crippen LogP contribution in [-0.4, -0.2) is 18.7 Å². The Balaban J connectivity index is 1.70. The number of benzene rings is 1. The predicted octanol–water partition coefficient (Wildman–Crippen LogP) is 4.72. The first-order valence-corrected chi connectivity index (χ1v) is 8.77. The lowest BCUT2D eigenvalue weighted by Crippen LogP contribution is -2.37. The lowest BCUT2D eigenvalue weighted by Gasteiger charge is -2.25. The highest BCUT2D eigenvalue weighted by Gasteiger charge is 2.14. The van der Waals surface area contributed by atoms with Crippen LogP contribution in [0, 0.1) is 0 Å². The second-order valence-electron chi connectivity index (χ2n) is 6.42. The van der Waals surface area contributed by atoms with Gasteiger partial charge in [0, 0.05) is 12.6 Å². The highest BCUT2D eigenvalue weighted by molar-refractivity contribution is 5.27. The van der Waals surface area contributed by atoms with Crippen molar-refractivity contribution in [1.82, 2.24) is 5.32 Å². The molecule has 0 spiro atoms. The molecule has 1 aromatic rings. The maximum absolute atomic E-state index is 6.00. The molecule has 0 radical (unpaired) electrons. The van der Waals surface area contributed by atoms with Crippen molar-refractivity contribution >= 4 is 0 Å². The van der Waals surface area contributed by atoms with Gasteiger partial charge in [-0.15, -0.1) is 0 Å². The van der Waals surface area contributed by atoms with Crippen molar-refractivity contribution in [3.63, 3.8) is 0 Å². The highest BCUT2D eigenvalue weighted by atomic mass is 16.5. The molecule has 0 aromatic heterocycles. The van der Waals surface area contributed by atoms with E-state index in [1.54, 1.807) is 0 Å². The van der Waals surface area contributed by atoms with E-state index in [1.165, 1.54) is 56.9 Å². The lowest BCUT2D eigenvalue weighted by molar-refractivity contribution is 0.205. The molecular formula is C19H31NO. The zero-order chi connectivity index (χ0) is 14.9. The number of nitrogens with one attached hydrogen (secondary N) is 1. The molecule has 1 atom stereocenters. The quantitative estimate of drug-likeness (QED) is 0.747. The second kappa shape index (κ2) is 9.09. The number of unbranched alkanes of at least 4 members (excludes halogenated alkanes) is 1. The fourth-order valence-electron chi connectivity index (χ4n) is 3.03. The molecule has 2 nitrogen and oxygen atoms in total. The molecule has 2 heteroatoms. The number of ether oxygens (including phenoxy) is 1. The summed E-state index contributed by atoms with van der Waals surface area (Å²) in [5.41, 5.74) is 1.41. The molecule has 1 aromatic carbocycles. The SMILES string of the molecule is CCCCc1ccc(OC(C)CNC2CCCCC2)cc1. The third kappa shape index (κ3) is 6.09. The van der Waals surface area contributed by atoms with Crippen LogP contribution in [-0.2, 0) is 6.42 Å². The Labute approximate surface area is 130 Å². The van der Waals surface area contributed by atoms with Crippen molar-refractivity contribution in [2.24, 2.45) is 0 Å². The number of aryl methyl sites for hydroxylation is 1. The summed E-state index contributed by atoms with van der Waals surface area (Å²) in [5, 5.41) is 3.66. The summed E-state index contributed by atoms with van der Waals surface area (Å²) in [4.78, 5) is 0. The molecule has 0 aliphatic heterocycles. The minimum atomic E-state index is 0.230. The zero-order valence-electron chi connectivity index (χ0n) is 13.7. The van der Waals surface area contributed by atoms with E-state index < -0.39 is 0 Å². The van der Waals surface area contributed by atoms with Crippen LogP contribution < -0.4 is 10.1 Å². The summed E-state index contributed by atoms with van der Waals surface area (Å²) in [6.07, 6.45) is 10.8. The fraction of sp³-hybridized carbons (Fsp3) is 0.684. The van der Waals surface area contributed by atoms with Crippen molar-refractivity contribution < 1.29 is 4.74 Å². The number of hydrogen-bond donors (Lipinski definition) is 1. The van der Waals surface area contributed by atoms with Crippen LogP contribution in [0.3, 0.4) is 0 Å². The van der Waals surface area contributed by atoms with Gasteiger partial charge in [-0.05, 0) is 50.3 Å². The summed E-state index contributed by atoms with van der Waals surface area (Å²) in [6, 6.07) is 9.34. The molecule has 2 rings (SSSR count). The molecule has 0 amide bonds. The Bertz CT molecular complexity index is 381. The predicted molar refractivity (Wildman–Crippen MR) is 90.0 cm³/mol. The third-order valence-electron chi connectivity index (χ3n) is 4.38. The Morgan fingerprint density at radius 2 is 1.86 bits per heavy atom. The topological polar surface area (TPSA) is 21.3 Å². The highest BCUT2D eigenvalue weighted by Crippen LogP contribution is 2.18. The molecule has 0 bridgehead atoms. The summed E-state index contributed by atoms with van der Waals surface area (Å²) in [7, 11) is 0. The molecule has 1 unspecified atom stereocenters. The Kier molecular flexibility index (Phi) is 7.08. The molecule has 1 fully saturated rings. The van der Waals surface area contributed by atoms with Gasteiger partial charge in [0.05, 0.1) is 0 Å². The van der Waals surface area contributed by atoms with E-state index in [9.17, 15) is 0 Å². The zero-order valence-corrected chi connectivity index (χ0v) is 13.7. The van der Waals surface area contributed by atoms with Gasteiger partial charge in [-0.1, -0.05) is 44.7 Å². The molecule has 0 saturated heterocycles. The number of hydrogen-bond acceptors (Lipinski definition) is 2. The molecule has 118 valence electrons. The Hall–Kier alpha value is -1.02. The first-order valence-electron chi connectivity index (χ1n) is 8.77. The first kappa shape index (κ1) is 16.4. The molecule has 1 saturated carbocycles. The summed E-state index contributed by atoms with van der Waals surface area (Å²) < 4.78 is 6.00. The maximum Gasteiger partial charge on any atom is 0.119 e. The Morgan fingerprint density at radius 1 is 1.14 bits per heavy atom. The van der Waals surface area contributed by atoms with Crippen molar-refractivity contribution in [3.8, 4) is 5.75 Å². The summed E-state index contributed by atoms with van der Waals surface area (Å²) >= 11 is 0. The molecule has 1 aliphatic rings. The van der Waals surface area contributed by atoms with E-state index in [1.807, 2.05) is 0 Å². The summed E-state index contributed by atoms with van der Waals surface area (Å²) in [5.74, 6) is 0.994. The fourth-order valence-corrected chi connectivity index (χ4v) is 3.03. The van der Waals surface area contributed by atoms with Crippen molar-refractivity contribution in [3.05, 3.63) is 29.8 Å². The Morgan fingerprint density at radius 3 is 2.52 bits per heavy atom. The average molecular weight is 289 g/mol. The van der Waals surface area contributed by atoms with Gasteiger partial charge in [0.15, 0.2) is 0 Å². The van der Waals surface area contributed by atoms with Crippen LogP contribution in [0.5, 0.6) is 5.75 Å². The van der Waals surface area contributed by atoms with E-state index in [-0.39, 0.29) is 6.10 Å². The van der Waals surface area contributed by atoms with Crippen LogP contribution in [0.1, 0.15) is 64.4 Å². The third-order valence-corrected chi connectivity index (χ3v) is 4.38. The normalized spacial score (nSPS) is 17.6. The molecular weight excluding hydrogens is 258 g/mol. The summed E-state index contributed by atoms with van der Waals surface area (Å²) in [6.45, 7) is 5.33. The molecule has 1 aliphatic carbocycles. The van der Waals surface area contributed by atoms with Crippen LogP contribution in [0.25, 0.3) is 0 Å². The van der Waals surface area contributed by atoms with Gasteiger partial charge < -0.3 is 10.1 Å². The minimum Gasteiger partial charge on any atom is -0.489 e. The smallest absolute Gasteiger partial charge is 0.119 e. The van der Waals surface area contributed by atoms with Gasteiger partial charge in [0.1, 0.15) is 11.9 Å². The average Bonchev–Trinajstić information content (AvgIpc) is 2.53. The lowest BCUT2D eigenvalue weighted by atomic mass is 9.95. The number of rotatable bonds is 8. The van der Waals surface area contributed by atoms with Gasteiger partial charge in [-0.2, -0.15) is 0 Å². The van der Waals surface area contributed by atoms with Gasteiger partial charge in [0.2, 0.25) is 0 Å². The van der Waals surface area contributed by atoms with E-state index in [4.69, 9.17) is 4.74 Å². The van der Waals surface area contributed by atoms with Crippen LogP contribution in [0.15, 0.2) is 24.3 Å². The molecule has 21 heavy (non-hydrogen) atoms. The van der Waals surface area contributed by atoms with Gasteiger partial charge in [-0.3, -0.25) is 0 Å². The van der Waals surface area contributed by atoms with E-state index in [2.05, 4.69) is 43.4 Å². The van der Waals surface area contributed by atoms with Crippen molar-refractivity contribution in [2.45, 2.75) is 77.4 Å². The second-order valence-corrected chi connectivity index (χ2v) is 6.42. The van der Waals surface area contributed by atoms with E-state index in [0.29, 0.717) is 6.04 Å². The minimum absolute atomic E-state index is 0.230. The largest absolute Gasteiger partial charge is 0.489 e. The van der Waals surface area contributed by atoms with Gasteiger partial charge in [-0.25, -0.2) is 0 Å². The van der Waals surface area contributed by atoms with Gasteiger partial charge >= 0.3 is 0 Å². The van der Waals surface area contributed by atoms with Crippen LogP contribution in [0.4, 0.5) is 0 Å². The van der Waals surface area contributed by atoms with E-state index >= 15 is 0 Å². The molecule has 0 heterocycles. The van der Waals surface area contributed by atoms with Crippen LogP contribution >= 0.6 is 0 Å². The first-order chi connectivity index (χ1) is 10.3.